The molecule has 2 aliphatic rings. The molecule has 2 saturated heterocycles. The van der Waals surface area contributed by atoms with Crippen molar-refractivity contribution in [3.8, 4) is 11.3 Å². The van der Waals surface area contributed by atoms with Crippen LogP contribution < -0.4 is 10.6 Å². The van der Waals surface area contributed by atoms with E-state index >= 15 is 0 Å². The van der Waals surface area contributed by atoms with Crippen LogP contribution in [-0.4, -0.2) is 23.0 Å². The lowest BCUT2D eigenvalue weighted by Crippen LogP contribution is -2.39. The van der Waals surface area contributed by atoms with Gasteiger partial charge in [-0.15, -0.1) is 23.7 Å². The second-order valence-corrected chi connectivity index (χ2v) is 8.20. The van der Waals surface area contributed by atoms with Crippen LogP contribution in [0.1, 0.15) is 37.7 Å². The predicted octanol–water partition coefficient (Wildman–Crippen LogP) is 5.11. The van der Waals surface area contributed by atoms with Crippen LogP contribution in [0.25, 0.3) is 11.3 Å². The van der Waals surface area contributed by atoms with E-state index in [1.54, 1.807) is 11.4 Å². The molecule has 4 nitrogen and oxygen atoms in total. The van der Waals surface area contributed by atoms with Crippen molar-refractivity contribution in [2.24, 2.45) is 5.92 Å². The van der Waals surface area contributed by atoms with E-state index in [1.807, 2.05) is 0 Å². The van der Waals surface area contributed by atoms with E-state index in [-0.39, 0.29) is 18.3 Å². The van der Waals surface area contributed by atoms with Crippen molar-refractivity contribution >= 4 is 34.8 Å². The van der Waals surface area contributed by atoms with E-state index in [0.29, 0.717) is 40.8 Å². The highest BCUT2D eigenvalue weighted by Gasteiger charge is 2.34. The molecule has 2 atom stereocenters. The van der Waals surface area contributed by atoms with E-state index in [2.05, 4.69) is 15.6 Å². The summed E-state index contributed by atoms with van der Waals surface area (Å²) in [5, 5.41) is 8.44. The Balaban J connectivity index is 0.00000225. The zero-order valence-electron chi connectivity index (χ0n) is 15.0. The summed E-state index contributed by atoms with van der Waals surface area (Å²) in [5.41, 5.74) is 0.108. The monoisotopic (exact) mass is 431 g/mol. The summed E-state index contributed by atoms with van der Waals surface area (Å²) >= 11 is 1.22. The molecule has 4 rings (SSSR count). The molecule has 3 heterocycles. The highest BCUT2D eigenvalue weighted by atomic mass is 35.5. The number of carbonyl (C=O) groups is 1. The Morgan fingerprint density at radius 3 is 2.64 bits per heavy atom. The number of halogens is 4. The fourth-order valence-corrected chi connectivity index (χ4v) is 4.83. The Kier molecular flexibility index (Phi) is 6.31. The van der Waals surface area contributed by atoms with Gasteiger partial charge >= 0.3 is 6.18 Å². The molecule has 1 aromatic heterocycles. The average Bonchev–Trinajstić information content (AvgIpc) is 3.20. The van der Waals surface area contributed by atoms with Crippen molar-refractivity contribution < 1.29 is 18.0 Å². The van der Waals surface area contributed by atoms with Gasteiger partial charge in [0.25, 0.3) is 0 Å². The summed E-state index contributed by atoms with van der Waals surface area (Å²) in [6.45, 7) is 0. The van der Waals surface area contributed by atoms with Crippen LogP contribution in [0, 0.1) is 5.92 Å². The molecule has 0 radical (unpaired) electrons. The van der Waals surface area contributed by atoms with E-state index in [1.165, 1.54) is 30.2 Å². The smallest absolute Gasteiger partial charge is 0.311 e. The largest absolute Gasteiger partial charge is 0.416 e. The van der Waals surface area contributed by atoms with Gasteiger partial charge in [-0.3, -0.25) is 4.79 Å². The van der Waals surface area contributed by atoms with Gasteiger partial charge in [0.1, 0.15) is 0 Å². The number of aromatic nitrogens is 1. The number of benzene rings is 1. The summed E-state index contributed by atoms with van der Waals surface area (Å²) in [5.74, 6) is 0.304. The molecular weight excluding hydrogens is 411 g/mol. The fourth-order valence-electron chi connectivity index (χ4n) is 4.09. The Bertz CT molecular complexity index is 830. The highest BCUT2D eigenvalue weighted by molar-refractivity contribution is 7.14. The van der Waals surface area contributed by atoms with Crippen molar-refractivity contribution in [3.63, 3.8) is 0 Å². The van der Waals surface area contributed by atoms with Crippen molar-refractivity contribution in [2.45, 2.75) is 50.4 Å². The van der Waals surface area contributed by atoms with E-state index in [4.69, 9.17) is 0 Å². The summed E-state index contributed by atoms with van der Waals surface area (Å²) in [6.07, 6.45) is 0.504. The zero-order chi connectivity index (χ0) is 19.0. The number of alkyl halides is 3. The summed E-state index contributed by atoms with van der Waals surface area (Å²) in [7, 11) is 0. The number of nitrogens with zero attached hydrogens (tertiary/aromatic N) is 1. The van der Waals surface area contributed by atoms with Gasteiger partial charge in [-0.1, -0.05) is 12.1 Å². The number of anilines is 1. The molecule has 28 heavy (non-hydrogen) atoms. The maximum atomic E-state index is 12.9. The quantitative estimate of drug-likeness (QED) is 0.707. The van der Waals surface area contributed by atoms with Gasteiger partial charge in [0.05, 0.1) is 11.3 Å². The van der Waals surface area contributed by atoms with Crippen LogP contribution >= 0.6 is 23.7 Å². The minimum Gasteiger partial charge on any atom is -0.311 e. The van der Waals surface area contributed by atoms with Crippen molar-refractivity contribution in [1.82, 2.24) is 10.3 Å². The second kappa shape index (κ2) is 8.39. The first-order valence-electron chi connectivity index (χ1n) is 9.06. The van der Waals surface area contributed by atoms with Gasteiger partial charge in [0.15, 0.2) is 5.13 Å². The lowest BCUT2D eigenvalue weighted by Gasteiger charge is -2.28. The summed E-state index contributed by atoms with van der Waals surface area (Å²) in [4.78, 5) is 16.6. The third-order valence-corrected chi connectivity index (χ3v) is 6.04. The Morgan fingerprint density at radius 1 is 1.25 bits per heavy atom. The standard InChI is InChI=1S/C19H20F3N3OS.ClH/c20-19(21,22)13-3-1-2-12(9-13)16-10-27-18(24-16)25-17(26)8-11-6-14-4-5-15(7-11)23-14;/h1-3,9-11,14-15,23H,4-8H2,(H,24,25,26);1H. The Labute approximate surface area is 171 Å². The summed E-state index contributed by atoms with van der Waals surface area (Å²) in [6, 6.07) is 6.13. The van der Waals surface area contributed by atoms with E-state index < -0.39 is 11.7 Å². The first-order valence-corrected chi connectivity index (χ1v) is 9.94. The minimum absolute atomic E-state index is 0. The number of thiazole rings is 1. The summed E-state index contributed by atoms with van der Waals surface area (Å²) < 4.78 is 38.6. The third-order valence-electron chi connectivity index (χ3n) is 5.28. The molecule has 2 bridgehead atoms. The van der Waals surface area contributed by atoms with E-state index in [0.717, 1.165) is 25.0 Å². The molecule has 2 aliphatic heterocycles. The number of nitrogens with one attached hydrogen (secondary N) is 2. The number of carbonyl (C=O) groups excluding carboxylic acids is 1. The van der Waals surface area contributed by atoms with Crippen molar-refractivity contribution in [1.29, 1.82) is 0 Å². The first kappa shape index (κ1) is 21.1. The molecule has 2 N–H and O–H groups in total. The van der Waals surface area contributed by atoms with Crippen LogP contribution in [0.5, 0.6) is 0 Å². The van der Waals surface area contributed by atoms with Gasteiger partial charge in [-0.25, -0.2) is 4.98 Å². The molecule has 2 unspecified atom stereocenters. The fraction of sp³-hybridized carbons (Fsp3) is 0.474. The molecule has 2 aromatic rings. The zero-order valence-corrected chi connectivity index (χ0v) is 16.6. The van der Waals surface area contributed by atoms with Crippen molar-refractivity contribution in [3.05, 3.63) is 35.2 Å². The molecule has 1 aromatic carbocycles. The normalized spacial score (nSPS) is 23.9. The Morgan fingerprint density at radius 2 is 1.96 bits per heavy atom. The molecule has 0 spiro atoms. The Hall–Kier alpha value is -1.64. The van der Waals surface area contributed by atoms with Crippen molar-refractivity contribution in [2.75, 3.05) is 5.32 Å². The van der Waals surface area contributed by atoms with Gasteiger partial charge in [-0.05, 0) is 43.7 Å². The molecule has 2 fully saturated rings. The van der Waals surface area contributed by atoms with Crippen LogP contribution in [0.4, 0.5) is 18.3 Å². The number of hydrogen-bond donors (Lipinski definition) is 2. The molecule has 9 heteroatoms. The maximum absolute atomic E-state index is 12.9. The minimum atomic E-state index is -4.39. The van der Waals surface area contributed by atoms with Crippen LogP contribution in [0.3, 0.4) is 0 Å². The van der Waals surface area contributed by atoms with Gasteiger partial charge in [-0.2, -0.15) is 13.2 Å². The third kappa shape index (κ3) is 4.85. The maximum Gasteiger partial charge on any atom is 0.416 e. The lowest BCUT2D eigenvalue weighted by atomic mass is 9.89. The van der Waals surface area contributed by atoms with Crippen LogP contribution in [0.2, 0.25) is 0 Å². The molecular formula is C19H21ClF3N3OS. The topological polar surface area (TPSA) is 54.0 Å². The number of fused-ring (bicyclic) bond motifs is 2. The number of piperidine rings is 1. The first-order chi connectivity index (χ1) is 12.9. The van der Waals surface area contributed by atoms with Gasteiger partial charge < -0.3 is 10.6 Å². The average molecular weight is 432 g/mol. The predicted molar refractivity (Wildman–Crippen MR) is 106 cm³/mol. The van der Waals surface area contributed by atoms with E-state index in [9.17, 15) is 18.0 Å². The number of amides is 1. The molecule has 0 saturated carbocycles. The van der Waals surface area contributed by atoms with Crippen LogP contribution in [0.15, 0.2) is 29.6 Å². The molecule has 0 aliphatic carbocycles. The second-order valence-electron chi connectivity index (χ2n) is 7.34. The number of rotatable bonds is 4. The van der Waals surface area contributed by atoms with Gasteiger partial charge in [0.2, 0.25) is 5.91 Å². The highest BCUT2D eigenvalue weighted by Crippen LogP contribution is 2.34. The number of hydrogen-bond acceptors (Lipinski definition) is 4. The van der Waals surface area contributed by atoms with Gasteiger partial charge in [0, 0.05) is 29.4 Å². The molecule has 1 amide bonds. The molecule has 152 valence electrons. The van der Waals surface area contributed by atoms with Crippen LogP contribution in [-0.2, 0) is 11.0 Å². The lowest BCUT2D eigenvalue weighted by molar-refractivity contribution is -0.137. The SMILES string of the molecule is Cl.O=C(CC1CC2CCC(C1)N2)Nc1nc(-c2cccc(C(F)(F)F)c2)cs1.